The van der Waals surface area contributed by atoms with Crippen molar-refractivity contribution in [3.63, 3.8) is 0 Å². The van der Waals surface area contributed by atoms with Crippen LogP contribution in [-0.2, 0) is 4.74 Å². The van der Waals surface area contributed by atoms with Crippen LogP contribution >= 0.6 is 0 Å². The summed E-state index contributed by atoms with van der Waals surface area (Å²) in [5.74, 6) is -0.139. The fraction of sp³-hybridized carbons (Fsp3) is 0.263. The van der Waals surface area contributed by atoms with Crippen LogP contribution in [-0.4, -0.2) is 24.0 Å². The number of ketones is 1. The van der Waals surface area contributed by atoms with Gasteiger partial charge in [-0.05, 0) is 32.9 Å². The van der Waals surface area contributed by atoms with Crippen LogP contribution in [0, 0.1) is 0 Å². The standard InChI is InChI=1S/C19H21NO3/c1-19(2,3)23-18(22)20(16-12-8-5-9-13-16)14-17(21)15-10-6-4-7-11-15/h4-13H,14H2,1-3H3. The Bertz CT molecular complexity index is 660. The van der Waals surface area contributed by atoms with Gasteiger partial charge in [-0.2, -0.15) is 0 Å². The summed E-state index contributed by atoms with van der Waals surface area (Å²) in [6, 6.07) is 18.0. The zero-order valence-electron chi connectivity index (χ0n) is 13.7. The van der Waals surface area contributed by atoms with E-state index in [1.807, 2.05) is 24.3 Å². The van der Waals surface area contributed by atoms with Gasteiger partial charge in [0.15, 0.2) is 5.78 Å². The fourth-order valence-electron chi connectivity index (χ4n) is 2.05. The Morgan fingerprint density at radius 3 is 1.96 bits per heavy atom. The predicted octanol–water partition coefficient (Wildman–Crippen LogP) is 4.31. The molecule has 0 atom stereocenters. The Kier molecular flexibility index (Phi) is 5.16. The maximum absolute atomic E-state index is 12.5. The second kappa shape index (κ2) is 7.09. The van der Waals surface area contributed by atoms with Gasteiger partial charge in [0, 0.05) is 11.3 Å². The maximum Gasteiger partial charge on any atom is 0.415 e. The lowest BCUT2D eigenvalue weighted by Crippen LogP contribution is -2.40. The Morgan fingerprint density at radius 2 is 1.43 bits per heavy atom. The average molecular weight is 311 g/mol. The predicted molar refractivity (Wildman–Crippen MR) is 90.8 cm³/mol. The van der Waals surface area contributed by atoms with Crippen LogP contribution in [0.1, 0.15) is 31.1 Å². The van der Waals surface area contributed by atoms with E-state index in [2.05, 4.69) is 0 Å². The lowest BCUT2D eigenvalue weighted by Gasteiger charge is -2.27. The lowest BCUT2D eigenvalue weighted by molar-refractivity contribution is 0.0573. The lowest BCUT2D eigenvalue weighted by atomic mass is 10.1. The minimum Gasteiger partial charge on any atom is -0.443 e. The number of amides is 1. The molecule has 0 N–H and O–H groups in total. The largest absolute Gasteiger partial charge is 0.443 e. The molecule has 0 spiro atoms. The van der Waals surface area contributed by atoms with Crippen molar-refractivity contribution in [2.24, 2.45) is 0 Å². The van der Waals surface area contributed by atoms with E-state index in [-0.39, 0.29) is 12.3 Å². The molecule has 4 nitrogen and oxygen atoms in total. The number of hydrogen-bond donors (Lipinski definition) is 0. The number of benzene rings is 2. The molecule has 4 heteroatoms. The molecule has 1 amide bonds. The number of carbonyl (C=O) groups excluding carboxylic acids is 2. The molecule has 0 unspecified atom stereocenters. The van der Waals surface area contributed by atoms with E-state index in [0.29, 0.717) is 11.3 Å². The van der Waals surface area contributed by atoms with Gasteiger partial charge in [-0.3, -0.25) is 9.69 Å². The monoisotopic (exact) mass is 311 g/mol. The molecule has 0 saturated carbocycles. The summed E-state index contributed by atoms with van der Waals surface area (Å²) >= 11 is 0. The summed E-state index contributed by atoms with van der Waals surface area (Å²) in [5, 5.41) is 0. The normalized spacial score (nSPS) is 10.9. The molecule has 0 aromatic heterocycles. The minimum absolute atomic E-state index is 0.0665. The number of Topliss-reactive ketones (excluding diaryl/α,β-unsaturated/α-hetero) is 1. The molecule has 0 radical (unpaired) electrons. The van der Waals surface area contributed by atoms with Crippen LogP contribution in [0.4, 0.5) is 10.5 Å². The molecule has 2 aromatic rings. The zero-order valence-corrected chi connectivity index (χ0v) is 13.7. The van der Waals surface area contributed by atoms with Crippen molar-refractivity contribution < 1.29 is 14.3 Å². The van der Waals surface area contributed by atoms with E-state index in [0.717, 1.165) is 0 Å². The van der Waals surface area contributed by atoms with Crippen molar-refractivity contribution in [2.75, 3.05) is 11.4 Å². The van der Waals surface area contributed by atoms with Gasteiger partial charge in [0.1, 0.15) is 5.60 Å². The molecular weight excluding hydrogens is 290 g/mol. The molecule has 0 heterocycles. The van der Waals surface area contributed by atoms with E-state index < -0.39 is 11.7 Å². The van der Waals surface area contributed by atoms with E-state index in [1.54, 1.807) is 57.2 Å². The zero-order chi connectivity index (χ0) is 16.9. The van der Waals surface area contributed by atoms with Crippen LogP contribution < -0.4 is 4.90 Å². The molecule has 0 bridgehead atoms. The van der Waals surface area contributed by atoms with Crippen molar-refractivity contribution in [3.05, 3.63) is 66.2 Å². The van der Waals surface area contributed by atoms with Crippen molar-refractivity contribution >= 4 is 17.6 Å². The molecule has 2 aromatic carbocycles. The van der Waals surface area contributed by atoms with Gasteiger partial charge >= 0.3 is 6.09 Å². The molecule has 0 aliphatic carbocycles. The van der Waals surface area contributed by atoms with Crippen LogP contribution in [0.5, 0.6) is 0 Å². The average Bonchev–Trinajstić information content (AvgIpc) is 2.52. The van der Waals surface area contributed by atoms with Crippen LogP contribution in [0.2, 0.25) is 0 Å². The highest BCUT2D eigenvalue weighted by atomic mass is 16.6. The van der Waals surface area contributed by atoms with Crippen LogP contribution in [0.15, 0.2) is 60.7 Å². The summed E-state index contributed by atoms with van der Waals surface area (Å²) in [4.78, 5) is 26.3. The Labute approximate surface area is 136 Å². The number of nitrogens with zero attached hydrogens (tertiary/aromatic N) is 1. The highest BCUT2D eigenvalue weighted by Crippen LogP contribution is 2.18. The number of anilines is 1. The first-order valence-electron chi connectivity index (χ1n) is 7.50. The Morgan fingerprint density at radius 1 is 0.913 bits per heavy atom. The number of rotatable bonds is 4. The first kappa shape index (κ1) is 16.7. The smallest absolute Gasteiger partial charge is 0.415 e. The molecule has 0 aliphatic rings. The summed E-state index contributed by atoms with van der Waals surface area (Å²) in [5.41, 5.74) is 0.572. The van der Waals surface area contributed by atoms with Gasteiger partial charge in [0.05, 0.1) is 6.54 Å². The van der Waals surface area contributed by atoms with E-state index in [1.165, 1.54) is 4.90 Å². The number of carbonyl (C=O) groups is 2. The Balaban J connectivity index is 2.24. The first-order chi connectivity index (χ1) is 10.9. The van der Waals surface area contributed by atoms with Gasteiger partial charge in [-0.25, -0.2) is 4.79 Å². The van der Waals surface area contributed by atoms with Crippen molar-refractivity contribution in [1.82, 2.24) is 0 Å². The molecule has 120 valence electrons. The summed E-state index contributed by atoms with van der Waals surface area (Å²) < 4.78 is 5.43. The van der Waals surface area contributed by atoms with Gasteiger partial charge in [-0.1, -0.05) is 48.5 Å². The molecular formula is C19H21NO3. The molecule has 23 heavy (non-hydrogen) atoms. The summed E-state index contributed by atoms with van der Waals surface area (Å²) in [7, 11) is 0. The highest BCUT2D eigenvalue weighted by Gasteiger charge is 2.25. The Hall–Kier alpha value is -2.62. The van der Waals surface area contributed by atoms with Gasteiger partial charge in [0.2, 0.25) is 0 Å². The number of hydrogen-bond acceptors (Lipinski definition) is 3. The molecule has 0 fully saturated rings. The third-order valence-corrected chi connectivity index (χ3v) is 3.08. The van der Waals surface area contributed by atoms with Crippen LogP contribution in [0.3, 0.4) is 0 Å². The van der Waals surface area contributed by atoms with Gasteiger partial charge in [0.25, 0.3) is 0 Å². The van der Waals surface area contributed by atoms with E-state index >= 15 is 0 Å². The maximum atomic E-state index is 12.5. The van der Waals surface area contributed by atoms with E-state index in [4.69, 9.17) is 4.74 Å². The highest BCUT2D eigenvalue weighted by molar-refractivity contribution is 6.03. The van der Waals surface area contributed by atoms with Crippen molar-refractivity contribution in [1.29, 1.82) is 0 Å². The van der Waals surface area contributed by atoms with Crippen molar-refractivity contribution in [3.8, 4) is 0 Å². The topological polar surface area (TPSA) is 46.6 Å². The quantitative estimate of drug-likeness (QED) is 0.790. The molecule has 0 aliphatic heterocycles. The summed E-state index contributed by atoms with van der Waals surface area (Å²) in [6.45, 7) is 5.33. The SMILES string of the molecule is CC(C)(C)OC(=O)N(CC(=O)c1ccccc1)c1ccccc1. The molecule has 0 saturated heterocycles. The third kappa shape index (κ3) is 4.95. The van der Waals surface area contributed by atoms with Gasteiger partial charge in [-0.15, -0.1) is 0 Å². The number of ether oxygens (including phenoxy) is 1. The van der Waals surface area contributed by atoms with Crippen LogP contribution in [0.25, 0.3) is 0 Å². The molecule has 2 rings (SSSR count). The minimum atomic E-state index is -0.625. The second-order valence-electron chi connectivity index (χ2n) is 6.19. The fourth-order valence-corrected chi connectivity index (χ4v) is 2.05. The third-order valence-electron chi connectivity index (χ3n) is 3.08. The second-order valence-corrected chi connectivity index (χ2v) is 6.19. The summed E-state index contributed by atoms with van der Waals surface area (Å²) in [6.07, 6.45) is -0.534. The first-order valence-corrected chi connectivity index (χ1v) is 7.50. The van der Waals surface area contributed by atoms with Crippen molar-refractivity contribution in [2.45, 2.75) is 26.4 Å². The number of para-hydroxylation sites is 1. The van der Waals surface area contributed by atoms with Gasteiger partial charge < -0.3 is 4.74 Å². The van der Waals surface area contributed by atoms with E-state index in [9.17, 15) is 9.59 Å².